The molecule has 2 heterocycles. The monoisotopic (exact) mass is 284 g/mol. The Kier molecular flexibility index (Phi) is 4.52. The van der Waals surface area contributed by atoms with Crippen LogP contribution in [-0.2, 0) is 0 Å². The molecular formula is C13H24N4OS. The molecule has 1 aromatic rings. The Balaban J connectivity index is 1.95. The van der Waals surface area contributed by atoms with Crippen molar-refractivity contribution in [2.75, 3.05) is 44.3 Å². The number of piperidine rings is 1. The van der Waals surface area contributed by atoms with E-state index < -0.39 is 0 Å². The summed E-state index contributed by atoms with van der Waals surface area (Å²) in [5.74, 6) is 1.20. The van der Waals surface area contributed by atoms with E-state index in [9.17, 15) is 0 Å². The van der Waals surface area contributed by atoms with Gasteiger partial charge in [-0.1, -0.05) is 6.92 Å². The molecule has 1 fully saturated rings. The number of anilines is 2. The number of aromatic nitrogens is 1. The van der Waals surface area contributed by atoms with Crippen molar-refractivity contribution in [2.45, 2.75) is 26.7 Å². The molecule has 2 rings (SSSR count). The molecule has 5 nitrogen and oxygen atoms in total. The van der Waals surface area contributed by atoms with Gasteiger partial charge >= 0.3 is 0 Å². The summed E-state index contributed by atoms with van der Waals surface area (Å²) in [6, 6.07) is 0. The molecule has 0 amide bonds. The van der Waals surface area contributed by atoms with Gasteiger partial charge in [-0.3, -0.25) is 0 Å². The van der Waals surface area contributed by atoms with Gasteiger partial charge < -0.3 is 20.7 Å². The van der Waals surface area contributed by atoms with Crippen LogP contribution in [-0.4, -0.2) is 42.6 Å². The number of likely N-dealkylation sites (tertiary alicyclic amines) is 1. The van der Waals surface area contributed by atoms with E-state index in [1.165, 1.54) is 37.5 Å². The Bertz CT molecular complexity index is 413. The molecular weight excluding hydrogens is 260 g/mol. The third-order valence-corrected chi connectivity index (χ3v) is 4.63. The van der Waals surface area contributed by atoms with Crippen LogP contribution >= 0.6 is 11.5 Å². The summed E-state index contributed by atoms with van der Waals surface area (Å²) in [6.45, 7) is 8.20. The number of ether oxygens (including phenoxy) is 1. The minimum absolute atomic E-state index is 0.342. The van der Waals surface area contributed by atoms with Crippen LogP contribution in [0, 0.1) is 5.41 Å². The van der Waals surface area contributed by atoms with E-state index >= 15 is 0 Å². The average molecular weight is 284 g/mol. The maximum absolute atomic E-state index is 5.81. The van der Waals surface area contributed by atoms with Gasteiger partial charge in [0.15, 0.2) is 16.6 Å². The molecule has 1 aliphatic heterocycles. The van der Waals surface area contributed by atoms with Crippen LogP contribution in [0.5, 0.6) is 5.75 Å². The number of hydrogen-bond acceptors (Lipinski definition) is 6. The molecule has 1 aromatic heterocycles. The maximum atomic E-state index is 5.81. The van der Waals surface area contributed by atoms with Gasteiger partial charge in [-0.2, -0.15) is 4.37 Å². The van der Waals surface area contributed by atoms with Gasteiger partial charge in [0.05, 0.1) is 6.61 Å². The first-order chi connectivity index (χ1) is 9.04. The zero-order valence-corrected chi connectivity index (χ0v) is 12.8. The lowest BCUT2D eigenvalue weighted by Crippen LogP contribution is -2.39. The van der Waals surface area contributed by atoms with Crippen LogP contribution in [0.2, 0.25) is 0 Å². The van der Waals surface area contributed by atoms with Crippen molar-refractivity contribution >= 4 is 22.4 Å². The average Bonchev–Trinajstić information content (AvgIpc) is 2.74. The molecule has 0 unspecified atom stereocenters. The topological polar surface area (TPSA) is 63.4 Å². The number of rotatable bonds is 5. The second-order valence-electron chi connectivity index (χ2n) is 5.63. The van der Waals surface area contributed by atoms with E-state index in [0.717, 1.165) is 11.5 Å². The Hall–Kier alpha value is -1.01. The summed E-state index contributed by atoms with van der Waals surface area (Å²) in [4.78, 5) is 2.39. The summed E-state index contributed by atoms with van der Waals surface area (Å²) in [7, 11) is 2.18. The quantitative estimate of drug-likeness (QED) is 0.868. The van der Waals surface area contributed by atoms with E-state index in [-0.39, 0.29) is 0 Å². The van der Waals surface area contributed by atoms with E-state index in [1.807, 2.05) is 6.92 Å². The fourth-order valence-corrected chi connectivity index (χ4v) is 2.97. The summed E-state index contributed by atoms with van der Waals surface area (Å²) in [5, 5.41) is 4.43. The molecule has 0 atom stereocenters. The Labute approximate surface area is 119 Å². The number of nitrogen functional groups attached to an aromatic ring is 1. The van der Waals surface area contributed by atoms with Crippen molar-refractivity contribution in [3.63, 3.8) is 0 Å². The number of nitrogens with zero attached hydrogens (tertiary/aromatic N) is 2. The fraction of sp³-hybridized carbons (Fsp3) is 0.769. The van der Waals surface area contributed by atoms with Crippen molar-refractivity contribution in [2.24, 2.45) is 5.41 Å². The van der Waals surface area contributed by atoms with Crippen LogP contribution in [0.25, 0.3) is 0 Å². The highest BCUT2D eigenvalue weighted by Crippen LogP contribution is 2.37. The zero-order chi connectivity index (χ0) is 13.9. The SMILES string of the molecule is CCOc1c(N)nsc1NCC1(C)CCN(C)CC1. The van der Waals surface area contributed by atoms with Gasteiger partial charge in [0.1, 0.15) is 0 Å². The van der Waals surface area contributed by atoms with Crippen molar-refractivity contribution in [1.29, 1.82) is 0 Å². The molecule has 6 heteroatoms. The molecule has 0 bridgehead atoms. The van der Waals surface area contributed by atoms with Crippen LogP contribution < -0.4 is 15.8 Å². The van der Waals surface area contributed by atoms with Gasteiger partial charge in [-0.05, 0) is 56.9 Å². The van der Waals surface area contributed by atoms with Crippen molar-refractivity contribution < 1.29 is 4.74 Å². The van der Waals surface area contributed by atoms with Crippen LogP contribution in [0.4, 0.5) is 10.8 Å². The van der Waals surface area contributed by atoms with Crippen LogP contribution in [0.1, 0.15) is 26.7 Å². The number of hydrogen-bond donors (Lipinski definition) is 2. The molecule has 0 saturated carbocycles. The van der Waals surface area contributed by atoms with Gasteiger partial charge in [0.2, 0.25) is 0 Å². The molecule has 0 aliphatic carbocycles. The molecule has 1 saturated heterocycles. The smallest absolute Gasteiger partial charge is 0.197 e. The largest absolute Gasteiger partial charge is 0.487 e. The molecule has 0 spiro atoms. The van der Waals surface area contributed by atoms with Crippen molar-refractivity contribution in [1.82, 2.24) is 9.27 Å². The molecule has 0 aromatic carbocycles. The molecule has 1 aliphatic rings. The van der Waals surface area contributed by atoms with E-state index in [0.29, 0.717) is 23.6 Å². The lowest BCUT2D eigenvalue weighted by Gasteiger charge is -2.38. The van der Waals surface area contributed by atoms with E-state index in [4.69, 9.17) is 10.5 Å². The fourth-order valence-electron chi connectivity index (χ4n) is 2.32. The highest BCUT2D eigenvalue weighted by Gasteiger charge is 2.29. The minimum Gasteiger partial charge on any atom is -0.487 e. The summed E-state index contributed by atoms with van der Waals surface area (Å²) in [6.07, 6.45) is 2.43. The van der Waals surface area contributed by atoms with E-state index in [2.05, 4.69) is 28.6 Å². The first-order valence-electron chi connectivity index (χ1n) is 6.84. The van der Waals surface area contributed by atoms with Crippen LogP contribution in [0.3, 0.4) is 0 Å². The predicted molar refractivity (Wildman–Crippen MR) is 81.0 cm³/mol. The zero-order valence-electron chi connectivity index (χ0n) is 12.0. The predicted octanol–water partition coefficient (Wildman–Crippen LogP) is 2.27. The van der Waals surface area contributed by atoms with Crippen molar-refractivity contribution in [3.8, 4) is 5.75 Å². The highest BCUT2D eigenvalue weighted by atomic mass is 32.1. The highest BCUT2D eigenvalue weighted by molar-refractivity contribution is 7.11. The summed E-state index contributed by atoms with van der Waals surface area (Å²) >= 11 is 1.38. The van der Waals surface area contributed by atoms with Gasteiger partial charge in [0.25, 0.3) is 0 Å². The lowest BCUT2D eigenvalue weighted by molar-refractivity contribution is 0.150. The normalized spacial score (nSPS) is 19.3. The third kappa shape index (κ3) is 3.51. The minimum atomic E-state index is 0.342. The Morgan fingerprint density at radius 1 is 1.47 bits per heavy atom. The van der Waals surface area contributed by atoms with Crippen molar-refractivity contribution in [3.05, 3.63) is 0 Å². The molecule has 0 radical (unpaired) electrons. The Morgan fingerprint density at radius 2 is 2.16 bits per heavy atom. The Morgan fingerprint density at radius 3 is 2.79 bits per heavy atom. The first kappa shape index (κ1) is 14.4. The molecule has 3 N–H and O–H groups in total. The van der Waals surface area contributed by atoms with Gasteiger partial charge in [0, 0.05) is 6.54 Å². The second-order valence-corrected chi connectivity index (χ2v) is 6.40. The van der Waals surface area contributed by atoms with Crippen LogP contribution in [0.15, 0.2) is 0 Å². The standard InChI is InChI=1S/C13H24N4OS/c1-4-18-10-11(14)16-19-12(10)15-9-13(2)5-7-17(3)8-6-13/h15H,4-9H2,1-3H3,(H2,14,16). The number of nitrogens with one attached hydrogen (secondary N) is 1. The second kappa shape index (κ2) is 5.96. The lowest BCUT2D eigenvalue weighted by atomic mass is 9.80. The molecule has 19 heavy (non-hydrogen) atoms. The molecule has 108 valence electrons. The summed E-state index contributed by atoms with van der Waals surface area (Å²) in [5.41, 5.74) is 6.16. The number of nitrogens with two attached hydrogens (primary N) is 1. The maximum Gasteiger partial charge on any atom is 0.197 e. The third-order valence-electron chi connectivity index (χ3n) is 3.83. The van der Waals surface area contributed by atoms with E-state index in [1.54, 1.807) is 0 Å². The van der Waals surface area contributed by atoms with Gasteiger partial charge in [-0.15, -0.1) is 0 Å². The van der Waals surface area contributed by atoms with Gasteiger partial charge in [-0.25, -0.2) is 0 Å². The first-order valence-corrected chi connectivity index (χ1v) is 7.62. The summed E-state index contributed by atoms with van der Waals surface area (Å²) < 4.78 is 9.71.